The van der Waals surface area contributed by atoms with Gasteiger partial charge in [0.05, 0.1) is 38.4 Å². The lowest BCUT2D eigenvalue weighted by atomic mass is 10.1. The van der Waals surface area contributed by atoms with Gasteiger partial charge in [-0.05, 0) is 36.4 Å². The zero-order valence-corrected chi connectivity index (χ0v) is 15.7. The summed E-state index contributed by atoms with van der Waals surface area (Å²) in [6.07, 6.45) is 0.589. The maximum atomic E-state index is 13.0. The first-order chi connectivity index (χ1) is 13.9. The second kappa shape index (κ2) is 8.59. The third kappa shape index (κ3) is 4.45. The summed E-state index contributed by atoms with van der Waals surface area (Å²) in [5.74, 6) is -1.64. The van der Waals surface area contributed by atoms with Crippen molar-refractivity contribution in [2.45, 2.75) is 31.8 Å². The zero-order valence-electron chi connectivity index (χ0n) is 15.7. The number of amides is 3. The monoisotopic (exact) mass is 400 g/mol. The van der Waals surface area contributed by atoms with E-state index in [1.165, 1.54) is 18.3 Å². The maximum absolute atomic E-state index is 13.0. The van der Waals surface area contributed by atoms with Crippen molar-refractivity contribution in [1.29, 1.82) is 0 Å². The molecule has 1 aliphatic heterocycles. The lowest BCUT2D eigenvalue weighted by molar-refractivity contribution is -0.143. The van der Waals surface area contributed by atoms with Gasteiger partial charge in [-0.2, -0.15) is 0 Å². The van der Waals surface area contributed by atoms with Crippen LogP contribution in [0.15, 0.2) is 47.1 Å². The molecule has 29 heavy (non-hydrogen) atoms. The standard InChI is InChI=1S/C20H20N2O7/c1-28-14-6-4-13(5-7-14)22-18(24)11-16(20(22)27)21(12-15-3-2-10-29-15)17(23)8-9-19(25)26/h2-7,10,16H,8-9,11-12H2,1H3,(H,25,26)/t16-/m1/s1. The second-order valence-electron chi connectivity index (χ2n) is 6.48. The fraction of sp³-hybridized carbons (Fsp3) is 0.300. The molecule has 0 spiro atoms. The Labute approximate surface area is 166 Å². The number of benzene rings is 1. The molecule has 0 radical (unpaired) electrons. The van der Waals surface area contributed by atoms with Crippen molar-refractivity contribution in [3.05, 3.63) is 48.4 Å². The van der Waals surface area contributed by atoms with E-state index in [0.29, 0.717) is 17.2 Å². The highest BCUT2D eigenvalue weighted by atomic mass is 16.5. The molecular weight excluding hydrogens is 380 g/mol. The fourth-order valence-corrected chi connectivity index (χ4v) is 3.16. The molecule has 0 saturated carbocycles. The number of imide groups is 1. The van der Waals surface area contributed by atoms with Crippen molar-refractivity contribution >= 4 is 29.4 Å². The van der Waals surface area contributed by atoms with Crippen LogP contribution in [-0.2, 0) is 25.7 Å². The number of anilines is 1. The highest BCUT2D eigenvalue weighted by molar-refractivity contribution is 6.23. The number of carboxylic acid groups (broad SMARTS) is 1. The molecule has 1 aromatic heterocycles. The van der Waals surface area contributed by atoms with Crippen molar-refractivity contribution < 1.29 is 33.4 Å². The first-order valence-electron chi connectivity index (χ1n) is 8.95. The first-order valence-corrected chi connectivity index (χ1v) is 8.95. The van der Waals surface area contributed by atoms with Crippen LogP contribution >= 0.6 is 0 Å². The van der Waals surface area contributed by atoms with E-state index in [-0.39, 0.29) is 25.8 Å². The van der Waals surface area contributed by atoms with Crippen LogP contribution in [-0.4, -0.2) is 46.8 Å². The quantitative estimate of drug-likeness (QED) is 0.672. The number of hydrogen-bond acceptors (Lipinski definition) is 6. The third-order valence-electron chi connectivity index (χ3n) is 4.61. The van der Waals surface area contributed by atoms with E-state index in [0.717, 1.165) is 4.90 Å². The van der Waals surface area contributed by atoms with Gasteiger partial charge in [0.1, 0.15) is 17.6 Å². The summed E-state index contributed by atoms with van der Waals surface area (Å²) in [5.41, 5.74) is 0.374. The third-order valence-corrected chi connectivity index (χ3v) is 4.61. The van der Waals surface area contributed by atoms with Crippen LogP contribution in [0.3, 0.4) is 0 Å². The Hall–Kier alpha value is -3.62. The van der Waals surface area contributed by atoms with Crippen LogP contribution in [0.2, 0.25) is 0 Å². The molecule has 3 amide bonds. The second-order valence-corrected chi connectivity index (χ2v) is 6.48. The highest BCUT2D eigenvalue weighted by Crippen LogP contribution is 2.28. The molecule has 152 valence electrons. The lowest BCUT2D eigenvalue weighted by Crippen LogP contribution is -2.45. The summed E-state index contributed by atoms with van der Waals surface area (Å²) in [5, 5.41) is 8.86. The summed E-state index contributed by atoms with van der Waals surface area (Å²) < 4.78 is 10.3. The number of nitrogens with zero attached hydrogens (tertiary/aromatic N) is 2. The number of furan rings is 1. The number of carboxylic acids is 1. The Morgan fingerprint density at radius 1 is 1.21 bits per heavy atom. The molecule has 1 saturated heterocycles. The Bertz CT molecular complexity index is 905. The number of rotatable bonds is 8. The van der Waals surface area contributed by atoms with Gasteiger partial charge in [-0.3, -0.25) is 19.2 Å². The first kappa shape index (κ1) is 20.1. The number of carbonyl (C=O) groups excluding carboxylic acids is 3. The van der Waals surface area contributed by atoms with Crippen LogP contribution in [0.1, 0.15) is 25.0 Å². The Morgan fingerprint density at radius 3 is 2.52 bits per heavy atom. The minimum Gasteiger partial charge on any atom is -0.497 e. The Kier molecular flexibility index (Phi) is 5.96. The zero-order chi connectivity index (χ0) is 21.0. The van der Waals surface area contributed by atoms with Gasteiger partial charge < -0.3 is 19.2 Å². The van der Waals surface area contributed by atoms with E-state index in [2.05, 4.69) is 0 Å². The molecule has 1 fully saturated rings. The van der Waals surface area contributed by atoms with E-state index in [1.54, 1.807) is 36.4 Å². The van der Waals surface area contributed by atoms with Gasteiger partial charge in [0.15, 0.2) is 0 Å². The number of methoxy groups -OCH3 is 1. The Morgan fingerprint density at radius 2 is 1.93 bits per heavy atom. The van der Waals surface area contributed by atoms with Crippen LogP contribution in [0.5, 0.6) is 5.75 Å². The van der Waals surface area contributed by atoms with Gasteiger partial charge in [0.25, 0.3) is 5.91 Å². The molecule has 0 aliphatic carbocycles. The normalized spacial score (nSPS) is 16.2. The van der Waals surface area contributed by atoms with Crippen molar-refractivity contribution in [3.8, 4) is 5.75 Å². The van der Waals surface area contributed by atoms with Crippen molar-refractivity contribution in [2.75, 3.05) is 12.0 Å². The molecule has 0 unspecified atom stereocenters. The molecular formula is C20H20N2O7. The van der Waals surface area contributed by atoms with E-state index < -0.39 is 29.7 Å². The average molecular weight is 400 g/mol. The van der Waals surface area contributed by atoms with Crippen LogP contribution < -0.4 is 9.64 Å². The van der Waals surface area contributed by atoms with E-state index >= 15 is 0 Å². The predicted octanol–water partition coefficient (Wildman–Crippen LogP) is 1.81. The van der Waals surface area contributed by atoms with Crippen molar-refractivity contribution in [2.24, 2.45) is 0 Å². The van der Waals surface area contributed by atoms with Crippen LogP contribution in [0.4, 0.5) is 5.69 Å². The molecule has 1 aliphatic rings. The molecule has 2 aromatic rings. The molecule has 0 bridgehead atoms. The fourth-order valence-electron chi connectivity index (χ4n) is 3.16. The summed E-state index contributed by atoms with van der Waals surface area (Å²) in [6, 6.07) is 8.67. The summed E-state index contributed by atoms with van der Waals surface area (Å²) in [4.78, 5) is 51.3. The molecule has 1 atom stereocenters. The van der Waals surface area contributed by atoms with Gasteiger partial charge in [-0.25, -0.2) is 4.90 Å². The summed E-state index contributed by atoms with van der Waals surface area (Å²) in [7, 11) is 1.51. The van der Waals surface area contributed by atoms with Gasteiger partial charge in [-0.1, -0.05) is 0 Å². The predicted molar refractivity (Wildman–Crippen MR) is 100 cm³/mol. The average Bonchev–Trinajstić information content (AvgIpc) is 3.32. The van der Waals surface area contributed by atoms with E-state index in [4.69, 9.17) is 14.3 Å². The lowest BCUT2D eigenvalue weighted by Gasteiger charge is -2.26. The molecule has 9 nitrogen and oxygen atoms in total. The number of aliphatic carboxylic acids is 1. The molecule has 3 rings (SSSR count). The van der Waals surface area contributed by atoms with Gasteiger partial charge in [-0.15, -0.1) is 0 Å². The van der Waals surface area contributed by atoms with E-state index in [9.17, 15) is 19.2 Å². The molecule has 9 heteroatoms. The summed E-state index contributed by atoms with van der Waals surface area (Å²) in [6.45, 7) is -0.0361. The minimum atomic E-state index is -1.12. The van der Waals surface area contributed by atoms with Crippen LogP contribution in [0, 0.1) is 0 Å². The van der Waals surface area contributed by atoms with Crippen molar-refractivity contribution in [1.82, 2.24) is 4.90 Å². The van der Waals surface area contributed by atoms with E-state index in [1.807, 2.05) is 0 Å². The number of hydrogen-bond donors (Lipinski definition) is 1. The van der Waals surface area contributed by atoms with Gasteiger partial charge in [0.2, 0.25) is 11.8 Å². The topological polar surface area (TPSA) is 117 Å². The molecule has 1 aromatic carbocycles. The number of carbonyl (C=O) groups is 4. The largest absolute Gasteiger partial charge is 0.497 e. The van der Waals surface area contributed by atoms with Crippen molar-refractivity contribution in [3.63, 3.8) is 0 Å². The SMILES string of the molecule is COc1ccc(N2C(=O)C[C@@H](N(Cc3ccco3)C(=O)CCC(=O)O)C2=O)cc1. The maximum Gasteiger partial charge on any atom is 0.303 e. The highest BCUT2D eigenvalue weighted by Gasteiger charge is 2.44. The van der Waals surface area contributed by atoms with Gasteiger partial charge in [0, 0.05) is 6.42 Å². The smallest absolute Gasteiger partial charge is 0.303 e. The molecule has 1 N–H and O–H groups in total. The minimum absolute atomic E-state index is 0.0361. The number of ether oxygens (including phenoxy) is 1. The summed E-state index contributed by atoms with van der Waals surface area (Å²) >= 11 is 0. The Balaban J connectivity index is 1.84. The molecule has 2 heterocycles. The van der Waals surface area contributed by atoms with Crippen LogP contribution in [0.25, 0.3) is 0 Å². The van der Waals surface area contributed by atoms with Gasteiger partial charge >= 0.3 is 5.97 Å².